The molecule has 5 aliphatic heterocycles. The monoisotopic (exact) mass is 1120 g/mol. The highest BCUT2D eigenvalue weighted by molar-refractivity contribution is 6.21. The normalized spacial score (nSPS) is 27.3. The number of aromatic nitrogens is 2. The van der Waals surface area contributed by atoms with Gasteiger partial charge in [0.2, 0.25) is 0 Å². The molecule has 0 saturated carbocycles. The van der Waals surface area contributed by atoms with Crippen molar-refractivity contribution in [1.82, 2.24) is 14.5 Å². The first kappa shape index (κ1) is 57.7. The number of nitrogens with one attached hydrogen (secondary N) is 1. The highest BCUT2D eigenvalue weighted by Gasteiger charge is 2.51. The standard InChI is InChI=1S/C57H67N7O17/c1-28-11-10-12-29(2)54(72)59-46-45-44(60-57(61-45)18-20-62(21-19-57)40(66)27-77-36-15-13-35(14-16-36)25-76-37-23-63-24-39(64(73)74)58-55(63)78-26-37)41-42(50(46)70)49(69)33(6)52-43(41)53(71)56(8,81-52)79-22-17-38(75-9)30(3)51(80-34(7)65)32(5)48(68)31(4)47(28)67/h10-17,22,24,28,30-32,37-38,47-48,51,60,67-70H,18-21,23,25-27H2,1-9H3/t28-,30+,31+,32+,37-,38-,47-,48+,51+,56-/m0/s1. The van der Waals surface area contributed by atoms with Crippen molar-refractivity contribution in [3.05, 3.63) is 104 Å². The van der Waals surface area contributed by atoms with E-state index < -0.39 is 93.6 Å². The van der Waals surface area contributed by atoms with Crippen LogP contribution in [0.25, 0.3) is 10.8 Å². The summed E-state index contributed by atoms with van der Waals surface area (Å²) in [5, 5.41) is 61.6. The number of ether oxygens (including phenoxy) is 7. The number of nitrogens with zero attached hydrogens (tertiary/aromatic N) is 6. The number of aliphatic hydroxyl groups is 2. The van der Waals surface area contributed by atoms with E-state index in [-0.39, 0.29) is 119 Å². The van der Waals surface area contributed by atoms with Crippen molar-refractivity contribution in [3.63, 3.8) is 0 Å². The number of anilines is 1. The van der Waals surface area contributed by atoms with E-state index in [9.17, 15) is 49.7 Å². The number of fused-ring (bicyclic) bond motifs is 2. The minimum absolute atomic E-state index is 0.0271. The van der Waals surface area contributed by atoms with Crippen LogP contribution >= 0.6 is 0 Å². The van der Waals surface area contributed by atoms with Gasteiger partial charge in [-0.2, -0.15) is 0 Å². The molecule has 1 spiro atoms. The first-order chi connectivity index (χ1) is 38.4. The van der Waals surface area contributed by atoms with Gasteiger partial charge < -0.3 is 73.9 Å². The SMILES string of the molecule is CO[C@H]1C=CO[C@@]2(C)Oc3c(C)c(O)c4c(O)c(c5c(c4c3C2=O)NC2(CCN(C(=O)COc3ccc(CO[C@@H]4COc6nc([N+](=O)[O-])cn6C4)cc3)CC2)N=5)=NC(=O)C(C)=CC=C[C@H](C)[C@H](O)[C@@H](C)[C@@H](O)[C@@H](C)[C@H](OC(C)=O)[C@@H]1C. The van der Waals surface area contributed by atoms with Crippen LogP contribution in [0.4, 0.5) is 11.5 Å². The molecule has 5 N–H and O–H groups in total. The molecule has 1 saturated heterocycles. The van der Waals surface area contributed by atoms with Crippen molar-refractivity contribution in [2.45, 2.75) is 123 Å². The van der Waals surface area contributed by atoms with E-state index in [0.29, 0.717) is 12.3 Å². The van der Waals surface area contributed by atoms with E-state index in [1.54, 1.807) is 69.0 Å². The van der Waals surface area contributed by atoms with Gasteiger partial charge >= 0.3 is 23.6 Å². The van der Waals surface area contributed by atoms with Crippen LogP contribution in [0.2, 0.25) is 0 Å². The Morgan fingerprint density at radius 3 is 2.36 bits per heavy atom. The molecule has 9 rings (SSSR count). The molecule has 3 aromatic carbocycles. The second-order valence-corrected chi connectivity index (χ2v) is 21.6. The fourth-order valence-electron chi connectivity index (χ4n) is 11.1. The number of phenolic OH excluding ortho intramolecular Hbond substituents is 2. The number of methoxy groups -OCH3 is 1. The summed E-state index contributed by atoms with van der Waals surface area (Å²) in [5.74, 6) is -8.01. The number of piperidine rings is 1. The Bertz CT molecular complexity index is 3390. The van der Waals surface area contributed by atoms with Gasteiger partial charge in [-0.25, -0.2) is 4.99 Å². The number of nitro groups is 1. The number of Topliss-reactive ketones (excluding diaryl/α,β-unsaturated/α-hetero) is 1. The molecule has 24 heteroatoms. The Balaban J connectivity index is 0.984. The second kappa shape index (κ2) is 22.9. The third-order valence-electron chi connectivity index (χ3n) is 16.0. The Kier molecular flexibility index (Phi) is 16.3. The number of aliphatic hydroxyl groups excluding tert-OH is 2. The number of benzene rings is 3. The van der Waals surface area contributed by atoms with Crippen molar-refractivity contribution in [2.24, 2.45) is 33.7 Å². The molecule has 6 heterocycles. The fraction of sp³-hybridized carbons (Fsp3) is 0.491. The maximum Gasteiger partial charge on any atom is 0.414 e. The molecular weight excluding hydrogens is 1050 g/mol. The lowest BCUT2D eigenvalue weighted by molar-refractivity contribution is -0.389. The summed E-state index contributed by atoms with van der Waals surface area (Å²) >= 11 is 0. The number of carbonyl (C=O) groups excluding carboxylic acids is 4. The summed E-state index contributed by atoms with van der Waals surface area (Å²) < 4.78 is 43.0. The molecule has 432 valence electrons. The maximum absolute atomic E-state index is 14.9. The van der Waals surface area contributed by atoms with Crippen LogP contribution in [-0.2, 0) is 46.5 Å². The van der Waals surface area contributed by atoms with E-state index in [4.69, 9.17) is 38.2 Å². The summed E-state index contributed by atoms with van der Waals surface area (Å²) in [7, 11) is 1.44. The molecule has 2 amide bonds. The number of aromatic hydroxyl groups is 2. The molecule has 0 aliphatic carbocycles. The lowest BCUT2D eigenvalue weighted by atomic mass is 9.78. The van der Waals surface area contributed by atoms with Gasteiger partial charge in [-0.1, -0.05) is 58.1 Å². The van der Waals surface area contributed by atoms with E-state index >= 15 is 0 Å². The number of phenols is 2. The Morgan fingerprint density at radius 1 is 0.963 bits per heavy atom. The molecule has 4 bridgehead atoms. The number of ketones is 1. The zero-order chi connectivity index (χ0) is 58.4. The van der Waals surface area contributed by atoms with Gasteiger partial charge in [0.1, 0.15) is 58.6 Å². The summed E-state index contributed by atoms with van der Waals surface area (Å²) in [4.78, 5) is 80.7. The molecule has 1 aromatic heterocycles. The van der Waals surface area contributed by atoms with Gasteiger partial charge in [0.15, 0.2) is 12.4 Å². The van der Waals surface area contributed by atoms with Gasteiger partial charge in [-0.05, 0) is 42.5 Å². The molecule has 10 atom stereocenters. The Labute approximate surface area is 465 Å². The first-order valence-electron chi connectivity index (χ1n) is 26.7. The van der Waals surface area contributed by atoms with Crippen LogP contribution < -0.4 is 30.2 Å². The van der Waals surface area contributed by atoms with Crippen molar-refractivity contribution >= 4 is 45.8 Å². The summed E-state index contributed by atoms with van der Waals surface area (Å²) in [6.07, 6.45) is 4.84. The molecular formula is C57H67N7O17. The predicted octanol–water partition coefficient (Wildman–Crippen LogP) is 4.78. The number of allylic oxidation sites excluding steroid dienone is 2. The molecule has 24 nitrogen and oxygen atoms in total. The molecule has 81 heavy (non-hydrogen) atoms. The number of hydrogen-bond acceptors (Lipinski definition) is 20. The van der Waals surface area contributed by atoms with Crippen molar-refractivity contribution in [2.75, 3.05) is 38.7 Å². The van der Waals surface area contributed by atoms with Crippen molar-refractivity contribution < 1.29 is 77.7 Å². The lowest BCUT2D eigenvalue weighted by Gasteiger charge is -2.38. The van der Waals surface area contributed by atoms with Crippen LogP contribution in [0.5, 0.6) is 29.0 Å². The molecule has 5 aliphatic rings. The van der Waals surface area contributed by atoms with E-state index in [1.165, 1.54) is 64.0 Å². The van der Waals surface area contributed by atoms with E-state index in [1.807, 2.05) is 0 Å². The first-order valence-corrected chi connectivity index (χ1v) is 26.7. The van der Waals surface area contributed by atoms with E-state index in [2.05, 4.69) is 15.3 Å². The average molecular weight is 1120 g/mol. The van der Waals surface area contributed by atoms with Gasteiger partial charge in [0, 0.05) is 92.1 Å². The van der Waals surface area contributed by atoms with Crippen LogP contribution in [0.15, 0.2) is 76.6 Å². The number of esters is 1. The highest BCUT2D eigenvalue weighted by atomic mass is 16.7. The molecule has 0 radical (unpaired) electrons. The summed E-state index contributed by atoms with van der Waals surface area (Å²) in [6, 6.07) is 7.18. The zero-order valence-corrected chi connectivity index (χ0v) is 46.4. The van der Waals surface area contributed by atoms with Crippen LogP contribution in [-0.4, -0.2) is 139 Å². The molecule has 0 unspecified atom stereocenters. The third kappa shape index (κ3) is 11.3. The highest BCUT2D eigenvalue weighted by Crippen LogP contribution is 2.51. The Hall–Kier alpha value is -7.93. The van der Waals surface area contributed by atoms with E-state index in [0.717, 1.165) is 5.56 Å². The van der Waals surface area contributed by atoms with Gasteiger partial charge in [-0.3, -0.25) is 28.7 Å². The number of rotatable bonds is 9. The van der Waals surface area contributed by atoms with Crippen molar-refractivity contribution in [3.8, 4) is 29.0 Å². The summed E-state index contributed by atoms with van der Waals surface area (Å²) in [6.45, 7) is 13.4. The smallest absolute Gasteiger partial charge is 0.414 e. The predicted molar refractivity (Wildman–Crippen MR) is 288 cm³/mol. The quantitative estimate of drug-likeness (QED) is 0.0651. The minimum Gasteiger partial charge on any atom is -0.507 e. The third-order valence-corrected chi connectivity index (χ3v) is 16.0. The number of carbonyl (C=O) groups is 4. The van der Waals surface area contributed by atoms with Gasteiger partial charge in [0.05, 0.1) is 54.4 Å². The van der Waals surface area contributed by atoms with Crippen LogP contribution in [0.3, 0.4) is 0 Å². The number of hydrogen-bond donors (Lipinski definition) is 5. The molecule has 1 fully saturated rings. The Morgan fingerprint density at radius 2 is 1.68 bits per heavy atom. The topological polar surface area (TPSA) is 315 Å². The van der Waals surface area contributed by atoms with Crippen molar-refractivity contribution in [1.29, 1.82) is 0 Å². The molecule has 4 aromatic rings. The lowest BCUT2D eigenvalue weighted by Crippen LogP contribution is -2.49. The van der Waals surface area contributed by atoms with Crippen LogP contribution in [0, 0.1) is 40.7 Å². The summed E-state index contributed by atoms with van der Waals surface area (Å²) in [5.41, 5.74) is -0.0109. The fourth-order valence-corrected chi connectivity index (χ4v) is 11.1. The number of amides is 2. The maximum atomic E-state index is 14.9. The van der Waals surface area contributed by atoms with Gasteiger partial charge in [-0.15, -0.1) is 0 Å². The zero-order valence-electron chi connectivity index (χ0n) is 46.4. The number of likely N-dealkylation sites (tertiary alicyclic amines) is 1. The largest absolute Gasteiger partial charge is 0.507 e. The minimum atomic E-state index is -2.05. The number of imidazole rings is 1. The van der Waals surface area contributed by atoms with Crippen LogP contribution in [0.1, 0.15) is 82.8 Å². The second-order valence-electron chi connectivity index (χ2n) is 21.6. The van der Waals surface area contributed by atoms with Gasteiger partial charge in [0.25, 0.3) is 17.6 Å². The average Bonchev–Trinajstić information content (AvgIpc) is 2.54.